The van der Waals surface area contributed by atoms with E-state index in [1.54, 1.807) is 12.3 Å². The predicted molar refractivity (Wildman–Crippen MR) is 79.5 cm³/mol. The third kappa shape index (κ3) is 2.20. The van der Waals surface area contributed by atoms with Gasteiger partial charge in [0.2, 0.25) is 0 Å². The third-order valence-electron chi connectivity index (χ3n) is 4.54. The van der Waals surface area contributed by atoms with E-state index < -0.39 is 0 Å². The zero-order chi connectivity index (χ0) is 14.1. The second-order valence-corrected chi connectivity index (χ2v) is 5.95. The number of pyridine rings is 1. The first-order valence-corrected chi connectivity index (χ1v) is 7.49. The van der Waals surface area contributed by atoms with Gasteiger partial charge in [0.15, 0.2) is 5.84 Å². The van der Waals surface area contributed by atoms with E-state index in [9.17, 15) is 0 Å². The van der Waals surface area contributed by atoms with Crippen molar-refractivity contribution in [3.05, 3.63) is 22.8 Å². The maximum Gasteiger partial charge on any atom is 0.171 e. The molecule has 6 heteroatoms. The van der Waals surface area contributed by atoms with Crippen LogP contribution in [0.1, 0.15) is 37.7 Å². The van der Waals surface area contributed by atoms with Crippen molar-refractivity contribution in [1.29, 1.82) is 0 Å². The molecule has 2 atom stereocenters. The number of nitrogens with two attached hydrogens (primary N) is 1. The summed E-state index contributed by atoms with van der Waals surface area (Å²) in [6.45, 7) is 0.988. The van der Waals surface area contributed by atoms with Gasteiger partial charge in [0.05, 0.1) is 5.02 Å². The van der Waals surface area contributed by atoms with Gasteiger partial charge in [-0.15, -0.1) is 0 Å². The quantitative estimate of drug-likeness (QED) is 0.380. The fraction of sp³-hybridized carbons (Fsp3) is 0.571. The van der Waals surface area contributed by atoms with E-state index in [-0.39, 0.29) is 5.84 Å². The number of halogens is 1. The van der Waals surface area contributed by atoms with E-state index in [1.165, 1.54) is 32.1 Å². The number of aromatic nitrogens is 1. The first-order valence-electron chi connectivity index (χ1n) is 7.11. The lowest BCUT2D eigenvalue weighted by atomic mass is 9.85. The fourth-order valence-electron chi connectivity index (χ4n) is 3.55. The summed E-state index contributed by atoms with van der Waals surface area (Å²) in [7, 11) is 0. The van der Waals surface area contributed by atoms with Gasteiger partial charge >= 0.3 is 0 Å². The molecule has 0 bridgehead atoms. The summed E-state index contributed by atoms with van der Waals surface area (Å²) in [6.07, 6.45) is 7.99. The minimum absolute atomic E-state index is 0.0260. The van der Waals surface area contributed by atoms with Gasteiger partial charge in [-0.25, -0.2) is 4.98 Å². The zero-order valence-electron chi connectivity index (χ0n) is 11.3. The molecular weight excluding hydrogens is 276 g/mol. The van der Waals surface area contributed by atoms with Crippen molar-refractivity contribution in [3.63, 3.8) is 0 Å². The molecule has 108 valence electrons. The molecule has 0 amide bonds. The zero-order valence-corrected chi connectivity index (χ0v) is 12.1. The number of nitrogens with zero attached hydrogens (tertiary/aromatic N) is 3. The van der Waals surface area contributed by atoms with Gasteiger partial charge in [-0.2, -0.15) is 0 Å². The van der Waals surface area contributed by atoms with Crippen LogP contribution in [0.2, 0.25) is 5.02 Å². The molecule has 1 aliphatic heterocycles. The number of hydrogen-bond acceptors (Lipinski definition) is 4. The normalized spacial score (nSPS) is 26.6. The minimum Gasteiger partial charge on any atom is -0.409 e. The second-order valence-electron chi connectivity index (χ2n) is 5.58. The first-order chi connectivity index (χ1) is 9.72. The highest BCUT2D eigenvalue weighted by molar-refractivity contribution is 6.36. The Hall–Kier alpha value is -1.49. The van der Waals surface area contributed by atoms with Crippen LogP contribution in [0, 0.1) is 5.92 Å². The van der Waals surface area contributed by atoms with Crippen LogP contribution in [0.25, 0.3) is 0 Å². The van der Waals surface area contributed by atoms with E-state index in [1.807, 2.05) is 0 Å². The SMILES string of the molecule is N/C(=N/O)c1ccnc(N2CCC3CCCCC32)c1Cl. The van der Waals surface area contributed by atoms with Crippen LogP contribution >= 0.6 is 11.6 Å². The topological polar surface area (TPSA) is 74.7 Å². The molecule has 1 saturated heterocycles. The maximum atomic E-state index is 8.83. The molecule has 0 aromatic carbocycles. The molecule has 2 unspecified atom stereocenters. The summed E-state index contributed by atoms with van der Waals surface area (Å²) in [5, 5.41) is 12.3. The predicted octanol–water partition coefficient (Wildman–Crippen LogP) is 2.60. The molecule has 2 aliphatic rings. The Bertz CT molecular complexity index is 534. The third-order valence-corrected chi connectivity index (χ3v) is 4.91. The Labute approximate surface area is 123 Å². The summed E-state index contributed by atoms with van der Waals surface area (Å²) in [6, 6.07) is 2.21. The summed E-state index contributed by atoms with van der Waals surface area (Å²) in [5.41, 5.74) is 6.20. The van der Waals surface area contributed by atoms with Gasteiger partial charge < -0.3 is 15.8 Å². The highest BCUT2D eigenvalue weighted by Crippen LogP contribution is 2.40. The van der Waals surface area contributed by atoms with Crippen LogP contribution in [-0.4, -0.2) is 28.6 Å². The highest BCUT2D eigenvalue weighted by Gasteiger charge is 2.37. The Morgan fingerprint density at radius 3 is 3.00 bits per heavy atom. The van der Waals surface area contributed by atoms with E-state index in [4.69, 9.17) is 22.5 Å². The number of fused-ring (bicyclic) bond motifs is 1. The Morgan fingerprint density at radius 1 is 1.40 bits per heavy atom. The van der Waals surface area contributed by atoms with Gasteiger partial charge in [-0.3, -0.25) is 0 Å². The number of anilines is 1. The van der Waals surface area contributed by atoms with Crippen LogP contribution in [0.15, 0.2) is 17.4 Å². The minimum atomic E-state index is 0.0260. The van der Waals surface area contributed by atoms with Crippen molar-refractivity contribution in [2.45, 2.75) is 38.1 Å². The molecule has 1 saturated carbocycles. The molecule has 3 rings (SSSR count). The highest BCUT2D eigenvalue weighted by atomic mass is 35.5. The molecule has 2 heterocycles. The van der Waals surface area contributed by atoms with Gasteiger partial charge in [0.25, 0.3) is 0 Å². The van der Waals surface area contributed by atoms with Crippen LogP contribution in [0.5, 0.6) is 0 Å². The van der Waals surface area contributed by atoms with Gasteiger partial charge in [0.1, 0.15) is 5.82 Å². The second kappa shape index (κ2) is 5.48. The van der Waals surface area contributed by atoms with Crippen molar-refractivity contribution in [2.24, 2.45) is 16.8 Å². The molecule has 5 nitrogen and oxygen atoms in total. The summed E-state index contributed by atoms with van der Waals surface area (Å²) in [5.74, 6) is 1.55. The van der Waals surface area contributed by atoms with Crippen LogP contribution in [0.4, 0.5) is 5.82 Å². The Morgan fingerprint density at radius 2 is 2.20 bits per heavy atom. The molecule has 1 aromatic rings. The van der Waals surface area contributed by atoms with E-state index >= 15 is 0 Å². The fourth-order valence-corrected chi connectivity index (χ4v) is 3.87. The standard InChI is InChI=1S/C14H19ClN4O/c15-12-10(13(16)18-20)5-7-17-14(12)19-8-6-9-3-1-2-4-11(9)19/h5,7,9,11,20H,1-4,6,8H2,(H2,16,18). The van der Waals surface area contributed by atoms with E-state index in [0.29, 0.717) is 16.6 Å². The largest absolute Gasteiger partial charge is 0.409 e. The average Bonchev–Trinajstić information content (AvgIpc) is 2.90. The van der Waals surface area contributed by atoms with Gasteiger partial charge in [-0.05, 0) is 31.2 Å². The molecule has 0 radical (unpaired) electrons. The van der Waals surface area contributed by atoms with Crippen molar-refractivity contribution in [2.75, 3.05) is 11.4 Å². The van der Waals surface area contributed by atoms with Gasteiger partial charge in [0, 0.05) is 24.3 Å². The molecular formula is C14H19ClN4O. The number of amidine groups is 1. The smallest absolute Gasteiger partial charge is 0.171 e. The molecule has 1 aromatic heterocycles. The van der Waals surface area contributed by atoms with E-state index in [0.717, 1.165) is 18.3 Å². The van der Waals surface area contributed by atoms with Crippen LogP contribution in [-0.2, 0) is 0 Å². The summed E-state index contributed by atoms with van der Waals surface area (Å²) < 4.78 is 0. The molecule has 20 heavy (non-hydrogen) atoms. The van der Waals surface area contributed by atoms with Gasteiger partial charge in [-0.1, -0.05) is 29.6 Å². The molecule has 0 spiro atoms. The summed E-state index contributed by atoms with van der Waals surface area (Å²) in [4.78, 5) is 6.74. The van der Waals surface area contributed by atoms with Crippen molar-refractivity contribution < 1.29 is 5.21 Å². The lowest BCUT2D eigenvalue weighted by Crippen LogP contribution is -2.35. The monoisotopic (exact) mass is 294 g/mol. The number of oxime groups is 1. The average molecular weight is 295 g/mol. The van der Waals surface area contributed by atoms with Crippen molar-refractivity contribution in [3.8, 4) is 0 Å². The Balaban J connectivity index is 1.94. The number of hydrogen-bond donors (Lipinski definition) is 2. The number of rotatable bonds is 2. The van der Waals surface area contributed by atoms with E-state index in [2.05, 4.69) is 15.0 Å². The first kappa shape index (κ1) is 13.5. The lowest BCUT2D eigenvalue weighted by Gasteiger charge is -2.33. The maximum absolute atomic E-state index is 8.83. The van der Waals surface area contributed by atoms with Crippen LogP contribution in [0.3, 0.4) is 0 Å². The van der Waals surface area contributed by atoms with Crippen molar-refractivity contribution >= 4 is 23.3 Å². The van der Waals surface area contributed by atoms with Crippen molar-refractivity contribution in [1.82, 2.24) is 4.98 Å². The summed E-state index contributed by atoms with van der Waals surface area (Å²) >= 11 is 6.42. The molecule has 3 N–H and O–H groups in total. The van der Waals surface area contributed by atoms with Crippen LogP contribution < -0.4 is 10.6 Å². The Kier molecular flexibility index (Phi) is 3.70. The molecule has 2 fully saturated rings. The molecule has 1 aliphatic carbocycles. The lowest BCUT2D eigenvalue weighted by molar-refractivity contribution is 0.318.